The molecule has 1 aromatic carbocycles. The van der Waals surface area contributed by atoms with Gasteiger partial charge >= 0.3 is 5.97 Å². The van der Waals surface area contributed by atoms with Crippen LogP contribution in [0.1, 0.15) is 28.8 Å². The molecule has 2 aliphatic heterocycles. The van der Waals surface area contributed by atoms with Crippen molar-refractivity contribution in [1.29, 1.82) is 0 Å². The van der Waals surface area contributed by atoms with E-state index in [0.717, 1.165) is 16.1 Å². The molecule has 0 radical (unpaired) electrons. The molecular weight excluding hydrogens is 496 g/mol. The highest BCUT2D eigenvalue weighted by molar-refractivity contribution is 7.98. The van der Waals surface area contributed by atoms with Crippen LogP contribution in [-0.2, 0) is 34.9 Å². The topological polar surface area (TPSA) is 142 Å². The third-order valence-corrected chi connectivity index (χ3v) is 8.15. The van der Waals surface area contributed by atoms with Crippen LogP contribution < -0.4 is 10.6 Å². The molecule has 192 valence electrons. The summed E-state index contributed by atoms with van der Waals surface area (Å²) in [6.45, 7) is -0.275. The van der Waals surface area contributed by atoms with Gasteiger partial charge in [-0.25, -0.2) is 13.2 Å². The second kappa shape index (κ2) is 11.4. The van der Waals surface area contributed by atoms with E-state index in [4.69, 9.17) is 4.74 Å². The summed E-state index contributed by atoms with van der Waals surface area (Å²) in [4.78, 5) is 52.9. The first kappa shape index (κ1) is 27.0. The van der Waals surface area contributed by atoms with E-state index in [2.05, 4.69) is 10.6 Å². The normalized spacial score (nSPS) is 24.3. The largest absolute Gasteiger partial charge is 0.459 e. The zero-order valence-corrected chi connectivity index (χ0v) is 21.5. The van der Waals surface area contributed by atoms with Gasteiger partial charge in [-0.05, 0) is 24.5 Å². The molecule has 35 heavy (non-hydrogen) atoms. The van der Waals surface area contributed by atoms with Gasteiger partial charge in [-0.2, -0.15) is 16.1 Å². The molecule has 0 spiro atoms. The monoisotopic (exact) mass is 526 g/mol. The molecule has 1 aromatic rings. The smallest absolute Gasteiger partial charge is 0.338 e. The molecule has 3 rings (SSSR count). The van der Waals surface area contributed by atoms with E-state index in [1.165, 1.54) is 16.7 Å². The standard InChI is InChI=1S/C22H30N4O7S2/c1-25(2)21(29)17-13-34-12-14-7-4-5-8-15(14)22(30)33-11-16(19(27)24-17)23-20(28)18-9-6-10-26(18)35(3,31)32/h4-5,7-8,16-18H,6,9-13H2,1-3H3,(H,23,28)(H,24,27)/t16-,17-,18+/m1/s1. The van der Waals surface area contributed by atoms with Gasteiger partial charge in [0.25, 0.3) is 0 Å². The molecule has 0 aliphatic carbocycles. The van der Waals surface area contributed by atoms with Gasteiger partial charge in [0, 0.05) is 32.1 Å². The molecular formula is C22H30N4O7S2. The highest BCUT2D eigenvalue weighted by Gasteiger charge is 2.38. The minimum absolute atomic E-state index is 0.205. The number of amides is 3. The van der Waals surface area contributed by atoms with Crippen LogP contribution in [0.4, 0.5) is 0 Å². The van der Waals surface area contributed by atoms with E-state index in [0.29, 0.717) is 24.2 Å². The number of sulfonamides is 1. The molecule has 3 amide bonds. The van der Waals surface area contributed by atoms with Crippen LogP contribution in [0, 0.1) is 0 Å². The lowest BCUT2D eigenvalue weighted by atomic mass is 10.1. The molecule has 2 heterocycles. The van der Waals surface area contributed by atoms with Crippen molar-refractivity contribution >= 4 is 45.5 Å². The Morgan fingerprint density at radius 2 is 1.94 bits per heavy atom. The van der Waals surface area contributed by atoms with Crippen LogP contribution >= 0.6 is 11.8 Å². The van der Waals surface area contributed by atoms with Crippen LogP contribution in [0.25, 0.3) is 0 Å². The maximum absolute atomic E-state index is 13.1. The van der Waals surface area contributed by atoms with Gasteiger partial charge in [0.05, 0.1) is 11.8 Å². The molecule has 1 saturated heterocycles. The van der Waals surface area contributed by atoms with Crippen molar-refractivity contribution in [3.63, 3.8) is 0 Å². The van der Waals surface area contributed by atoms with Crippen molar-refractivity contribution in [3.05, 3.63) is 35.4 Å². The van der Waals surface area contributed by atoms with Crippen molar-refractivity contribution < 1.29 is 32.3 Å². The number of carbonyl (C=O) groups excluding carboxylic acids is 4. The first-order valence-corrected chi connectivity index (χ1v) is 14.1. The van der Waals surface area contributed by atoms with Gasteiger partial charge in [0.15, 0.2) is 0 Å². The highest BCUT2D eigenvalue weighted by Crippen LogP contribution is 2.22. The number of cyclic esters (lactones) is 1. The summed E-state index contributed by atoms with van der Waals surface area (Å²) in [6, 6.07) is 3.73. The van der Waals surface area contributed by atoms with E-state index in [1.54, 1.807) is 38.4 Å². The van der Waals surface area contributed by atoms with Crippen molar-refractivity contribution in [1.82, 2.24) is 19.8 Å². The van der Waals surface area contributed by atoms with Gasteiger partial charge in [0.1, 0.15) is 24.7 Å². The SMILES string of the molecule is CN(C)C(=O)[C@H]1CSCc2ccccc2C(=O)OC[C@@H](NC(=O)[C@@H]2CCCN2S(C)(=O)=O)C(=O)N1. The van der Waals surface area contributed by atoms with Gasteiger partial charge < -0.3 is 20.3 Å². The number of likely N-dealkylation sites (N-methyl/N-ethyl adjacent to an activating group) is 1. The van der Waals surface area contributed by atoms with E-state index < -0.39 is 52.5 Å². The fourth-order valence-corrected chi connectivity index (χ4v) is 6.15. The van der Waals surface area contributed by atoms with Crippen LogP contribution in [0.3, 0.4) is 0 Å². The number of nitrogens with one attached hydrogen (secondary N) is 2. The van der Waals surface area contributed by atoms with Gasteiger partial charge in [-0.3, -0.25) is 14.4 Å². The van der Waals surface area contributed by atoms with Crippen LogP contribution in [0.5, 0.6) is 0 Å². The zero-order valence-electron chi connectivity index (χ0n) is 19.9. The molecule has 11 nitrogen and oxygen atoms in total. The third kappa shape index (κ3) is 6.73. The van der Waals surface area contributed by atoms with E-state index >= 15 is 0 Å². The Labute approximate surface area is 209 Å². The molecule has 0 saturated carbocycles. The number of hydrogen-bond acceptors (Lipinski definition) is 8. The van der Waals surface area contributed by atoms with E-state index in [1.807, 2.05) is 0 Å². The van der Waals surface area contributed by atoms with Crippen molar-refractivity contribution in [2.24, 2.45) is 0 Å². The van der Waals surface area contributed by atoms with Gasteiger partial charge in [-0.15, -0.1) is 0 Å². The summed E-state index contributed by atoms with van der Waals surface area (Å²) in [7, 11) is -0.472. The molecule has 13 heteroatoms. The van der Waals surface area contributed by atoms with Crippen molar-refractivity contribution in [3.8, 4) is 0 Å². The lowest BCUT2D eigenvalue weighted by Crippen LogP contribution is -2.58. The van der Waals surface area contributed by atoms with E-state index in [-0.39, 0.29) is 18.2 Å². The predicted octanol–water partition coefficient (Wildman–Crippen LogP) is -0.428. The second-order valence-electron chi connectivity index (χ2n) is 8.66. The Balaban J connectivity index is 1.86. The number of carbonyl (C=O) groups is 4. The summed E-state index contributed by atoms with van der Waals surface area (Å²) < 4.78 is 30.6. The minimum atomic E-state index is -3.62. The van der Waals surface area contributed by atoms with Gasteiger partial charge in [-0.1, -0.05) is 18.2 Å². The number of fused-ring (bicyclic) bond motifs is 1. The van der Waals surface area contributed by atoms with Crippen LogP contribution in [0.15, 0.2) is 24.3 Å². The molecule has 2 N–H and O–H groups in total. The minimum Gasteiger partial charge on any atom is -0.459 e. The first-order valence-electron chi connectivity index (χ1n) is 11.1. The first-order chi connectivity index (χ1) is 16.5. The summed E-state index contributed by atoms with van der Waals surface area (Å²) in [5, 5.41) is 5.19. The fourth-order valence-electron chi connectivity index (χ4n) is 3.98. The predicted molar refractivity (Wildman–Crippen MR) is 130 cm³/mol. The lowest BCUT2D eigenvalue weighted by Gasteiger charge is -2.27. The zero-order chi connectivity index (χ0) is 25.8. The highest BCUT2D eigenvalue weighted by atomic mass is 32.2. The second-order valence-corrected chi connectivity index (χ2v) is 11.6. The summed E-state index contributed by atoms with van der Waals surface area (Å²) in [6.07, 6.45) is 1.83. The number of ether oxygens (including phenoxy) is 1. The number of benzene rings is 1. The number of thioether (sulfide) groups is 1. The molecule has 0 unspecified atom stereocenters. The Morgan fingerprint density at radius 3 is 2.63 bits per heavy atom. The Morgan fingerprint density at radius 1 is 1.23 bits per heavy atom. The van der Waals surface area contributed by atoms with Crippen LogP contribution in [0.2, 0.25) is 0 Å². The van der Waals surface area contributed by atoms with Crippen molar-refractivity contribution in [2.45, 2.75) is 36.7 Å². The third-order valence-electron chi connectivity index (χ3n) is 5.78. The lowest BCUT2D eigenvalue weighted by molar-refractivity contribution is -0.136. The fraction of sp³-hybridized carbons (Fsp3) is 0.545. The summed E-state index contributed by atoms with van der Waals surface area (Å²) in [5.41, 5.74) is 1.06. The Hall–Kier alpha value is -2.64. The molecule has 2 aliphatic rings. The van der Waals surface area contributed by atoms with Gasteiger partial charge in [0.2, 0.25) is 27.7 Å². The average Bonchev–Trinajstić information content (AvgIpc) is 3.30. The number of hydrogen-bond donors (Lipinski definition) is 2. The number of rotatable bonds is 4. The molecule has 3 atom stereocenters. The maximum atomic E-state index is 13.1. The van der Waals surface area contributed by atoms with Crippen molar-refractivity contribution in [2.75, 3.05) is 39.3 Å². The summed E-state index contributed by atoms with van der Waals surface area (Å²) >= 11 is 1.38. The average molecular weight is 527 g/mol. The number of esters is 1. The molecule has 0 bridgehead atoms. The number of nitrogens with zero attached hydrogens (tertiary/aromatic N) is 2. The maximum Gasteiger partial charge on any atom is 0.338 e. The molecule has 1 fully saturated rings. The van der Waals surface area contributed by atoms with Crippen LogP contribution in [-0.4, -0.2) is 98.7 Å². The Kier molecular flexibility index (Phi) is 8.78. The quantitative estimate of drug-likeness (QED) is 0.504. The molecule has 0 aromatic heterocycles. The Bertz CT molecular complexity index is 1090. The summed E-state index contributed by atoms with van der Waals surface area (Å²) in [5.74, 6) is -1.66. The van der Waals surface area contributed by atoms with E-state index in [9.17, 15) is 27.6 Å².